The third-order valence-corrected chi connectivity index (χ3v) is 11.2. The summed E-state index contributed by atoms with van der Waals surface area (Å²) in [6.45, 7) is 0.370. The van der Waals surface area contributed by atoms with Crippen molar-refractivity contribution in [3.63, 3.8) is 0 Å². The second kappa shape index (κ2) is 9.06. The molecule has 1 aromatic carbocycles. The third kappa shape index (κ3) is 3.63. The minimum Gasteiger partial charge on any atom is -0.497 e. The molecular formula is C26H28N2O6S2. The number of benzene rings is 1. The van der Waals surface area contributed by atoms with E-state index >= 15 is 0 Å². The van der Waals surface area contributed by atoms with E-state index in [1.165, 1.54) is 16.2 Å². The Kier molecular flexibility index (Phi) is 5.99. The van der Waals surface area contributed by atoms with E-state index in [-0.39, 0.29) is 63.9 Å². The SMILES string of the molecule is COc1ccc([C@@H]2c3sc(=O)[nH]c3S[C@@H]3[C@H]4C[C@@H]([C@@H]5C(=O)N(CCCCCC(=O)O)C(=O)[C@H]45)[C@@H]23)cc1. The van der Waals surface area contributed by atoms with E-state index in [0.29, 0.717) is 25.8 Å². The number of unbranched alkanes of at least 4 members (excludes halogenated alkanes) is 2. The Balaban J connectivity index is 1.28. The molecule has 190 valence electrons. The van der Waals surface area contributed by atoms with Crippen LogP contribution in [-0.2, 0) is 14.4 Å². The molecule has 2 aromatic rings. The highest BCUT2D eigenvalue weighted by molar-refractivity contribution is 8.00. The van der Waals surface area contributed by atoms with Crippen LogP contribution >= 0.6 is 23.1 Å². The standard InChI is InChI=1S/C26H28N2O6S2/c1-34-13-8-6-12(7-9-13)17-18-14-11-15(21(18)35-23-22(17)36-26(33)27-23)20-19(14)24(31)28(25(20)32)10-4-2-3-5-16(29)30/h6-9,14-15,17-21H,2-5,10-11H2,1H3,(H,27,33)(H,29,30)/t14-,15+,17+,18+,19+,20-,21-/m1/s1. The zero-order valence-corrected chi connectivity index (χ0v) is 21.5. The lowest BCUT2D eigenvalue weighted by atomic mass is 9.68. The Morgan fingerprint density at radius 2 is 1.81 bits per heavy atom. The van der Waals surface area contributed by atoms with Gasteiger partial charge in [-0.2, -0.15) is 0 Å². The topological polar surface area (TPSA) is 117 Å². The minimum atomic E-state index is -0.823. The van der Waals surface area contributed by atoms with Gasteiger partial charge < -0.3 is 14.8 Å². The summed E-state index contributed by atoms with van der Waals surface area (Å²) in [7, 11) is 1.63. The van der Waals surface area contributed by atoms with Gasteiger partial charge in [-0.1, -0.05) is 29.9 Å². The quantitative estimate of drug-likeness (QED) is 0.397. The second-order valence-corrected chi connectivity index (χ2v) is 12.5. The van der Waals surface area contributed by atoms with Gasteiger partial charge in [0.1, 0.15) is 5.75 Å². The average Bonchev–Trinajstić information content (AvgIpc) is 3.59. The number of amides is 2. The maximum Gasteiger partial charge on any atom is 0.305 e. The molecule has 2 aliphatic carbocycles. The number of hydrogen-bond donors (Lipinski definition) is 2. The number of carbonyl (C=O) groups is 3. The number of hydrogen-bond acceptors (Lipinski definition) is 7. The van der Waals surface area contributed by atoms with Crippen LogP contribution in [0.5, 0.6) is 5.75 Å². The van der Waals surface area contributed by atoms with Crippen LogP contribution in [0.1, 0.15) is 48.5 Å². The maximum absolute atomic E-state index is 13.5. The van der Waals surface area contributed by atoms with Crippen LogP contribution in [0.2, 0.25) is 0 Å². The summed E-state index contributed by atoms with van der Waals surface area (Å²) >= 11 is 2.95. The molecular weight excluding hydrogens is 500 g/mol. The van der Waals surface area contributed by atoms with Crippen molar-refractivity contribution < 1.29 is 24.2 Å². The Hall–Kier alpha value is -2.59. The molecule has 1 aromatic heterocycles. The predicted octanol–water partition coefficient (Wildman–Crippen LogP) is 3.56. The van der Waals surface area contributed by atoms with Crippen LogP contribution in [-0.4, -0.2) is 51.7 Å². The van der Waals surface area contributed by atoms with Crippen molar-refractivity contribution in [1.82, 2.24) is 9.88 Å². The number of aliphatic carboxylic acids is 1. The molecule has 10 heteroatoms. The van der Waals surface area contributed by atoms with Crippen molar-refractivity contribution in [3.05, 3.63) is 44.4 Å². The van der Waals surface area contributed by atoms with Crippen molar-refractivity contribution >= 4 is 40.9 Å². The van der Waals surface area contributed by atoms with E-state index in [9.17, 15) is 19.2 Å². The van der Waals surface area contributed by atoms with Crippen LogP contribution in [0.25, 0.3) is 0 Å². The van der Waals surface area contributed by atoms with Crippen LogP contribution in [0.4, 0.5) is 0 Å². The average molecular weight is 529 g/mol. The Morgan fingerprint density at radius 1 is 1.08 bits per heavy atom. The number of nitrogens with one attached hydrogen (secondary N) is 1. The highest BCUT2D eigenvalue weighted by atomic mass is 32.2. The molecule has 2 saturated carbocycles. The number of thioether (sulfide) groups is 1. The molecule has 1 saturated heterocycles. The minimum absolute atomic E-state index is 0.00465. The lowest BCUT2D eigenvalue weighted by Crippen LogP contribution is -2.42. The van der Waals surface area contributed by atoms with Crippen LogP contribution in [0.15, 0.2) is 34.1 Å². The van der Waals surface area contributed by atoms with Gasteiger partial charge in [-0.15, -0.1) is 11.8 Å². The molecule has 0 spiro atoms. The first-order chi connectivity index (χ1) is 17.4. The molecule has 2 N–H and O–H groups in total. The van der Waals surface area contributed by atoms with Crippen molar-refractivity contribution in [2.24, 2.45) is 29.6 Å². The van der Waals surface area contributed by atoms with E-state index in [0.717, 1.165) is 27.6 Å². The third-order valence-electron chi connectivity index (χ3n) is 8.56. The smallest absolute Gasteiger partial charge is 0.305 e. The molecule has 4 aliphatic rings. The number of fused-ring (bicyclic) bond motifs is 9. The molecule has 8 nitrogen and oxygen atoms in total. The van der Waals surface area contributed by atoms with Crippen molar-refractivity contribution in [2.75, 3.05) is 13.7 Å². The summed E-state index contributed by atoms with van der Waals surface area (Å²) in [4.78, 5) is 55.5. The number of methoxy groups -OCH3 is 1. The first-order valence-corrected chi connectivity index (χ1v) is 14.2. The summed E-state index contributed by atoms with van der Waals surface area (Å²) in [5, 5.41) is 9.91. The molecule has 0 unspecified atom stereocenters. The summed E-state index contributed by atoms with van der Waals surface area (Å²) < 4.78 is 5.35. The fourth-order valence-corrected chi connectivity index (χ4v) is 10.1. The molecule has 6 rings (SSSR count). The Bertz CT molecular complexity index is 1270. The number of aromatic nitrogens is 1. The molecule has 3 fully saturated rings. The number of carbonyl (C=O) groups excluding carboxylic acids is 2. The number of thiazole rings is 1. The monoisotopic (exact) mass is 528 g/mol. The van der Waals surface area contributed by atoms with E-state index < -0.39 is 5.97 Å². The van der Waals surface area contributed by atoms with Crippen LogP contribution < -0.4 is 9.61 Å². The van der Waals surface area contributed by atoms with E-state index in [1.54, 1.807) is 18.9 Å². The van der Waals surface area contributed by atoms with Crippen LogP contribution in [0, 0.1) is 29.6 Å². The first kappa shape index (κ1) is 23.8. The van der Waals surface area contributed by atoms with Gasteiger partial charge in [0.15, 0.2) is 0 Å². The normalized spacial score (nSPS) is 31.9. The number of carboxylic acids is 1. The zero-order chi connectivity index (χ0) is 25.1. The summed E-state index contributed by atoms with van der Waals surface area (Å²) in [5.41, 5.74) is 1.11. The number of H-pyrrole nitrogens is 1. The van der Waals surface area contributed by atoms with E-state index in [2.05, 4.69) is 17.1 Å². The molecule has 2 amide bonds. The number of carboxylic acid groups (broad SMARTS) is 1. The van der Waals surface area contributed by atoms with Crippen LogP contribution in [0.3, 0.4) is 0 Å². The van der Waals surface area contributed by atoms with Gasteiger partial charge in [-0.05, 0) is 54.7 Å². The number of aromatic amines is 1. The largest absolute Gasteiger partial charge is 0.497 e. The first-order valence-electron chi connectivity index (χ1n) is 12.5. The van der Waals surface area contributed by atoms with Gasteiger partial charge >= 0.3 is 10.8 Å². The van der Waals surface area contributed by atoms with Crippen molar-refractivity contribution in [3.8, 4) is 5.75 Å². The van der Waals surface area contributed by atoms with Gasteiger partial charge in [-0.25, -0.2) is 0 Å². The molecule has 3 heterocycles. The number of imide groups is 1. The maximum atomic E-state index is 13.5. The summed E-state index contributed by atoms with van der Waals surface area (Å²) in [5.74, 6) is -0.335. The molecule has 7 atom stereocenters. The fourth-order valence-electron chi connectivity index (χ4n) is 7.21. The highest BCUT2D eigenvalue weighted by Gasteiger charge is 2.69. The lowest BCUT2D eigenvalue weighted by molar-refractivity contribution is -0.141. The zero-order valence-electron chi connectivity index (χ0n) is 19.8. The Labute approximate surface area is 216 Å². The predicted molar refractivity (Wildman–Crippen MR) is 134 cm³/mol. The van der Waals surface area contributed by atoms with Crippen molar-refractivity contribution in [1.29, 1.82) is 0 Å². The lowest BCUT2D eigenvalue weighted by Gasteiger charge is -2.43. The van der Waals surface area contributed by atoms with Gasteiger partial charge in [0.2, 0.25) is 11.8 Å². The molecule has 2 bridgehead atoms. The van der Waals surface area contributed by atoms with Gasteiger partial charge in [0.05, 0.1) is 24.0 Å². The molecule has 0 radical (unpaired) electrons. The Morgan fingerprint density at radius 3 is 2.50 bits per heavy atom. The molecule has 2 aliphatic heterocycles. The van der Waals surface area contributed by atoms with Crippen molar-refractivity contribution in [2.45, 2.75) is 48.3 Å². The second-order valence-electron chi connectivity index (χ2n) is 10.3. The number of rotatable bonds is 8. The number of nitrogens with zero attached hydrogens (tertiary/aromatic N) is 1. The molecule has 36 heavy (non-hydrogen) atoms. The summed E-state index contributed by atoms with van der Waals surface area (Å²) in [6.07, 6.45) is 2.84. The van der Waals surface area contributed by atoms with E-state index in [4.69, 9.17) is 9.84 Å². The number of ether oxygens (including phenoxy) is 1. The van der Waals surface area contributed by atoms with Gasteiger partial charge in [0, 0.05) is 29.0 Å². The summed E-state index contributed by atoms with van der Waals surface area (Å²) in [6, 6.07) is 7.99. The number of likely N-dealkylation sites (tertiary alicyclic amines) is 1. The highest BCUT2D eigenvalue weighted by Crippen LogP contribution is 2.68. The van der Waals surface area contributed by atoms with E-state index in [1.807, 2.05) is 12.1 Å². The van der Waals surface area contributed by atoms with Gasteiger partial charge in [-0.3, -0.25) is 24.1 Å². The fraction of sp³-hybridized carbons (Fsp3) is 0.538. The van der Waals surface area contributed by atoms with Gasteiger partial charge in [0.25, 0.3) is 0 Å².